The fraction of sp³-hybridized carbons (Fsp3) is 0.154. The number of hydrogen-bond acceptors (Lipinski definition) is 3. The van der Waals surface area contributed by atoms with Gasteiger partial charge in [-0.3, -0.25) is 4.79 Å². The Bertz CT molecular complexity index is 1330. The number of nitrogens with zero attached hydrogens (tertiary/aromatic N) is 2. The Morgan fingerprint density at radius 1 is 0.971 bits per heavy atom. The highest BCUT2D eigenvalue weighted by Crippen LogP contribution is 2.29. The number of halogens is 4. The number of carbonyl (C=O) groups excluding carboxylic acids is 1. The summed E-state index contributed by atoms with van der Waals surface area (Å²) in [6, 6.07) is 15.4. The van der Waals surface area contributed by atoms with E-state index in [0.717, 1.165) is 24.3 Å². The van der Waals surface area contributed by atoms with Crippen LogP contribution in [0.3, 0.4) is 0 Å². The van der Waals surface area contributed by atoms with Crippen LogP contribution in [-0.2, 0) is 17.8 Å². The van der Waals surface area contributed by atoms with E-state index in [1.807, 2.05) is 0 Å². The second-order valence-electron chi connectivity index (χ2n) is 7.79. The molecule has 4 rings (SSSR count). The molecule has 9 heteroatoms. The third-order valence-electron chi connectivity index (χ3n) is 5.32. The van der Waals surface area contributed by atoms with Gasteiger partial charge < -0.3 is 10.1 Å². The summed E-state index contributed by atoms with van der Waals surface area (Å²) in [5.74, 6) is -3.18. The fourth-order valence-electron chi connectivity index (χ4n) is 3.61. The van der Waals surface area contributed by atoms with E-state index >= 15 is 0 Å². The standard InChI is InChI=1S/C26H21F4N3O2/c1-35-21-8-6-20(7-9-21)33-24(22-3-2-4-23(29)26(22)30)14-19(32-33)5-10-25(34)31-15-16-11-17(27)13-18(28)12-16/h2-4,6-9,11-14H,5,10,15H2,1H3,(H,31,34). The summed E-state index contributed by atoms with van der Waals surface area (Å²) in [5, 5.41) is 7.11. The van der Waals surface area contributed by atoms with Crippen LogP contribution >= 0.6 is 0 Å². The summed E-state index contributed by atoms with van der Waals surface area (Å²) in [6.45, 7) is -0.0342. The van der Waals surface area contributed by atoms with Crippen molar-refractivity contribution in [2.45, 2.75) is 19.4 Å². The third kappa shape index (κ3) is 5.68. The van der Waals surface area contributed by atoms with Crippen molar-refractivity contribution < 1.29 is 27.1 Å². The molecule has 1 amide bonds. The molecule has 1 heterocycles. The van der Waals surface area contributed by atoms with Crippen LogP contribution in [0.4, 0.5) is 17.6 Å². The van der Waals surface area contributed by atoms with E-state index < -0.39 is 23.3 Å². The van der Waals surface area contributed by atoms with Gasteiger partial charge in [-0.2, -0.15) is 5.10 Å². The van der Waals surface area contributed by atoms with Gasteiger partial charge in [-0.25, -0.2) is 22.2 Å². The van der Waals surface area contributed by atoms with Crippen LogP contribution < -0.4 is 10.1 Å². The number of nitrogens with one attached hydrogen (secondary N) is 1. The molecular weight excluding hydrogens is 462 g/mol. The van der Waals surface area contributed by atoms with E-state index in [4.69, 9.17) is 4.74 Å². The molecule has 1 aromatic heterocycles. The number of rotatable bonds is 8. The molecule has 0 spiro atoms. The van der Waals surface area contributed by atoms with Gasteiger partial charge in [0.15, 0.2) is 11.6 Å². The summed E-state index contributed by atoms with van der Waals surface area (Å²) < 4.78 is 61.8. The van der Waals surface area contributed by atoms with Gasteiger partial charge in [-0.05, 0) is 60.2 Å². The zero-order chi connectivity index (χ0) is 24.9. The lowest BCUT2D eigenvalue weighted by molar-refractivity contribution is -0.121. The zero-order valence-electron chi connectivity index (χ0n) is 18.7. The molecule has 1 N–H and O–H groups in total. The van der Waals surface area contributed by atoms with Gasteiger partial charge in [0.1, 0.15) is 17.4 Å². The molecule has 0 unspecified atom stereocenters. The second kappa shape index (κ2) is 10.4. The zero-order valence-corrected chi connectivity index (χ0v) is 18.7. The number of methoxy groups -OCH3 is 1. The van der Waals surface area contributed by atoms with Crippen molar-refractivity contribution in [3.05, 3.63) is 101 Å². The highest BCUT2D eigenvalue weighted by molar-refractivity contribution is 5.76. The summed E-state index contributed by atoms with van der Waals surface area (Å²) in [6.07, 6.45) is 0.235. The number of ether oxygens (including phenoxy) is 1. The van der Waals surface area contributed by atoms with E-state index in [1.54, 1.807) is 30.3 Å². The van der Waals surface area contributed by atoms with Crippen LogP contribution in [0.15, 0.2) is 66.7 Å². The average Bonchev–Trinajstić information content (AvgIpc) is 3.26. The monoisotopic (exact) mass is 483 g/mol. The topological polar surface area (TPSA) is 56.2 Å². The minimum absolute atomic E-state index is 0.0251. The third-order valence-corrected chi connectivity index (χ3v) is 5.32. The number of hydrogen-bond donors (Lipinski definition) is 1. The van der Waals surface area contributed by atoms with Crippen molar-refractivity contribution in [3.8, 4) is 22.7 Å². The number of carbonyl (C=O) groups is 1. The predicted octanol–water partition coefficient (Wildman–Crippen LogP) is 5.35. The summed E-state index contributed by atoms with van der Waals surface area (Å²) in [5.41, 5.74) is 1.71. The fourth-order valence-corrected chi connectivity index (χ4v) is 3.61. The minimum Gasteiger partial charge on any atom is -0.497 e. The maximum atomic E-state index is 14.6. The highest BCUT2D eigenvalue weighted by atomic mass is 19.2. The largest absolute Gasteiger partial charge is 0.497 e. The lowest BCUT2D eigenvalue weighted by Crippen LogP contribution is -2.23. The van der Waals surface area contributed by atoms with Crippen molar-refractivity contribution in [1.82, 2.24) is 15.1 Å². The maximum absolute atomic E-state index is 14.6. The van der Waals surface area contributed by atoms with Crippen molar-refractivity contribution in [2.75, 3.05) is 7.11 Å². The molecule has 0 fully saturated rings. The molecule has 0 saturated carbocycles. The van der Waals surface area contributed by atoms with Crippen molar-refractivity contribution >= 4 is 5.91 Å². The van der Waals surface area contributed by atoms with Crippen LogP contribution in [0.1, 0.15) is 17.7 Å². The van der Waals surface area contributed by atoms with E-state index in [-0.39, 0.29) is 30.9 Å². The quantitative estimate of drug-likeness (QED) is 0.344. The summed E-state index contributed by atoms with van der Waals surface area (Å²) in [7, 11) is 1.53. The van der Waals surface area contributed by atoms with Crippen molar-refractivity contribution in [1.29, 1.82) is 0 Å². The molecule has 0 aliphatic heterocycles. The number of benzene rings is 3. The molecule has 180 valence electrons. The summed E-state index contributed by atoms with van der Waals surface area (Å²) >= 11 is 0. The molecular formula is C26H21F4N3O2. The van der Waals surface area contributed by atoms with E-state index in [9.17, 15) is 22.4 Å². The molecule has 3 aromatic carbocycles. The van der Waals surface area contributed by atoms with Gasteiger partial charge in [0.25, 0.3) is 0 Å². The Hall–Kier alpha value is -4.14. The first-order valence-corrected chi connectivity index (χ1v) is 10.7. The molecule has 0 aliphatic rings. The van der Waals surface area contributed by atoms with Gasteiger partial charge in [-0.15, -0.1) is 0 Å². The van der Waals surface area contributed by atoms with E-state index in [1.165, 1.54) is 23.9 Å². The molecule has 0 radical (unpaired) electrons. The molecule has 35 heavy (non-hydrogen) atoms. The molecule has 5 nitrogen and oxygen atoms in total. The first kappa shape index (κ1) is 24.0. The lowest BCUT2D eigenvalue weighted by atomic mass is 10.1. The highest BCUT2D eigenvalue weighted by Gasteiger charge is 2.18. The maximum Gasteiger partial charge on any atom is 0.220 e. The second-order valence-corrected chi connectivity index (χ2v) is 7.79. The normalized spacial score (nSPS) is 10.9. The van der Waals surface area contributed by atoms with Crippen molar-refractivity contribution in [3.63, 3.8) is 0 Å². The van der Waals surface area contributed by atoms with Crippen LogP contribution in [0.5, 0.6) is 5.75 Å². The number of amides is 1. The molecule has 0 aliphatic carbocycles. The Balaban J connectivity index is 1.54. The number of aromatic nitrogens is 2. The Morgan fingerprint density at radius 3 is 2.37 bits per heavy atom. The van der Waals surface area contributed by atoms with Gasteiger partial charge in [0, 0.05) is 31.0 Å². The Morgan fingerprint density at radius 2 is 1.69 bits per heavy atom. The van der Waals surface area contributed by atoms with Gasteiger partial charge >= 0.3 is 0 Å². The van der Waals surface area contributed by atoms with E-state index in [2.05, 4.69) is 10.4 Å². The van der Waals surface area contributed by atoms with Crippen LogP contribution in [0.2, 0.25) is 0 Å². The smallest absolute Gasteiger partial charge is 0.220 e. The average molecular weight is 483 g/mol. The minimum atomic E-state index is -1.01. The molecule has 0 atom stereocenters. The molecule has 0 saturated heterocycles. The lowest BCUT2D eigenvalue weighted by Gasteiger charge is -2.09. The van der Waals surface area contributed by atoms with Gasteiger partial charge in [0.2, 0.25) is 5.91 Å². The first-order valence-electron chi connectivity index (χ1n) is 10.7. The van der Waals surface area contributed by atoms with E-state index in [0.29, 0.717) is 28.4 Å². The SMILES string of the molecule is COc1ccc(-n2nc(CCC(=O)NCc3cc(F)cc(F)c3)cc2-c2cccc(F)c2F)cc1. The van der Waals surface area contributed by atoms with Crippen molar-refractivity contribution in [2.24, 2.45) is 0 Å². The van der Waals surface area contributed by atoms with Crippen LogP contribution in [0.25, 0.3) is 16.9 Å². The first-order chi connectivity index (χ1) is 16.8. The summed E-state index contributed by atoms with van der Waals surface area (Å²) in [4.78, 5) is 12.3. The molecule has 0 bridgehead atoms. The predicted molar refractivity (Wildman–Crippen MR) is 122 cm³/mol. The Kier molecular flexibility index (Phi) is 7.14. The van der Waals surface area contributed by atoms with Crippen LogP contribution in [0, 0.1) is 23.3 Å². The van der Waals surface area contributed by atoms with Crippen LogP contribution in [-0.4, -0.2) is 22.8 Å². The van der Waals surface area contributed by atoms with Gasteiger partial charge in [0.05, 0.1) is 24.2 Å². The molecule has 4 aromatic rings. The van der Waals surface area contributed by atoms with Gasteiger partial charge in [-0.1, -0.05) is 6.07 Å². The Labute approximate surface area is 199 Å². The number of aryl methyl sites for hydroxylation is 1.